The lowest BCUT2D eigenvalue weighted by molar-refractivity contribution is -0.119. The van der Waals surface area contributed by atoms with Crippen LogP contribution < -0.4 is 5.32 Å². The number of nitrogens with one attached hydrogen (secondary N) is 1. The molecule has 0 bridgehead atoms. The normalized spacial score (nSPS) is 11.4. The Morgan fingerprint density at radius 2 is 1.73 bits per heavy atom. The van der Waals surface area contributed by atoms with E-state index < -0.39 is 0 Å². The van der Waals surface area contributed by atoms with E-state index in [-0.39, 0.29) is 26.7 Å². The minimum absolute atomic E-state index is 0. The van der Waals surface area contributed by atoms with Gasteiger partial charge in [-0.2, -0.15) is 0 Å². The fourth-order valence-corrected chi connectivity index (χ4v) is 1.01. The van der Waals surface area contributed by atoms with E-state index in [0.717, 1.165) is 0 Å². The highest BCUT2D eigenvalue weighted by atomic mass is 16.1. The lowest BCUT2D eigenvalue weighted by Gasteiger charge is -2.15. The molecule has 0 rings (SSSR count). The van der Waals surface area contributed by atoms with E-state index in [1.54, 1.807) is 6.92 Å². The third kappa shape index (κ3) is 5.92. The van der Waals surface area contributed by atoms with Crippen molar-refractivity contribution in [2.24, 2.45) is 5.92 Å². The summed E-state index contributed by atoms with van der Waals surface area (Å²) >= 11 is 0. The minimum atomic E-state index is 0. The molecule has 68 valence electrons. The Morgan fingerprint density at radius 1 is 1.36 bits per heavy atom. The number of ketones is 1. The molecule has 0 aromatic heterocycles. The third-order valence-corrected chi connectivity index (χ3v) is 1.42. The zero-order valence-corrected chi connectivity index (χ0v) is 8.56. The van der Waals surface area contributed by atoms with Gasteiger partial charge in [0.05, 0.1) is 6.04 Å². The Hall–Kier alpha value is -0.500. The van der Waals surface area contributed by atoms with Crippen molar-refractivity contribution in [3.63, 3.8) is 0 Å². The topological polar surface area (TPSA) is 29.1 Å². The van der Waals surface area contributed by atoms with E-state index in [2.05, 4.69) is 5.32 Å². The van der Waals surface area contributed by atoms with E-state index in [1.165, 1.54) is 0 Å². The molecule has 1 N–H and O–H groups in total. The first kappa shape index (κ1) is 16.8. The summed E-state index contributed by atoms with van der Waals surface area (Å²) in [6.07, 6.45) is 0. The number of hydrogen-bond donors (Lipinski definition) is 1. The van der Waals surface area contributed by atoms with Gasteiger partial charge < -0.3 is 12.7 Å². The summed E-state index contributed by atoms with van der Waals surface area (Å²) in [5.41, 5.74) is 0. The Bertz CT molecular complexity index is 99.7. The molecule has 0 aromatic rings. The molecule has 0 aliphatic carbocycles. The van der Waals surface area contributed by atoms with E-state index in [4.69, 9.17) is 0 Å². The molecule has 0 saturated carbocycles. The fourth-order valence-electron chi connectivity index (χ4n) is 1.01. The van der Waals surface area contributed by atoms with Gasteiger partial charge in [0, 0.05) is 7.43 Å². The summed E-state index contributed by atoms with van der Waals surface area (Å²) in [5.74, 6) is 0.611. The van der Waals surface area contributed by atoms with Crippen molar-refractivity contribution < 1.29 is 4.79 Å². The number of carbonyl (C=O) groups is 1. The molecular weight excluding hydrogens is 138 g/mol. The fraction of sp³-hybridized carbons (Fsp3) is 0.667. The predicted octanol–water partition coefficient (Wildman–Crippen LogP) is 1.72. The average molecular weight is 159 g/mol. The molecule has 1 unspecified atom stereocenters. The average Bonchev–Trinajstić information content (AvgIpc) is 1.64. The highest BCUT2D eigenvalue weighted by Crippen LogP contribution is 2.00. The van der Waals surface area contributed by atoms with Crippen molar-refractivity contribution in [2.75, 3.05) is 7.05 Å². The molecule has 0 aliphatic rings. The van der Waals surface area contributed by atoms with Crippen molar-refractivity contribution in [3.05, 3.63) is 14.9 Å². The van der Waals surface area contributed by atoms with Gasteiger partial charge in [-0.15, -0.1) is 0 Å². The molecule has 0 amide bonds. The van der Waals surface area contributed by atoms with Gasteiger partial charge in [-0.3, -0.25) is 4.79 Å². The second kappa shape index (κ2) is 7.61. The summed E-state index contributed by atoms with van der Waals surface area (Å²) in [4.78, 5) is 10.8. The van der Waals surface area contributed by atoms with Gasteiger partial charge >= 0.3 is 0 Å². The summed E-state index contributed by atoms with van der Waals surface area (Å²) in [6.45, 7) is 5.67. The predicted molar refractivity (Wildman–Crippen MR) is 51.2 cm³/mol. The molecule has 0 aliphatic heterocycles. The van der Waals surface area contributed by atoms with E-state index in [1.807, 2.05) is 20.9 Å². The standard InChI is InChI=1S/C7H15NO.2CH3/c1-5(2)7(8-4)6(3)9;;/h5,7-8H,1-4H3;2*1H3/q;-1;+1. The Labute approximate surface area is 71.4 Å². The van der Waals surface area contributed by atoms with Gasteiger partial charge in [0.15, 0.2) is 0 Å². The molecule has 0 spiro atoms. The number of hydrogen-bond acceptors (Lipinski definition) is 2. The van der Waals surface area contributed by atoms with Crippen LogP contribution in [-0.4, -0.2) is 18.9 Å². The first-order valence-corrected chi connectivity index (χ1v) is 3.27. The molecule has 0 radical (unpaired) electrons. The van der Waals surface area contributed by atoms with Crippen LogP contribution in [-0.2, 0) is 4.79 Å². The SMILES string of the molecule is CNC(C(C)=O)C(C)C.[CH3+].[CH3-]. The molecule has 1 atom stereocenters. The molecule has 11 heavy (non-hydrogen) atoms. The van der Waals surface area contributed by atoms with Crippen LogP contribution in [0.4, 0.5) is 0 Å². The van der Waals surface area contributed by atoms with Crippen LogP contribution in [0.1, 0.15) is 20.8 Å². The van der Waals surface area contributed by atoms with Crippen molar-refractivity contribution >= 4 is 5.78 Å². The van der Waals surface area contributed by atoms with Gasteiger partial charge in [-0.05, 0) is 19.9 Å². The molecule has 0 fully saturated rings. The highest BCUT2D eigenvalue weighted by molar-refractivity contribution is 5.81. The van der Waals surface area contributed by atoms with Crippen LogP contribution in [0, 0.1) is 20.8 Å². The second-order valence-corrected chi connectivity index (χ2v) is 2.62. The minimum Gasteiger partial charge on any atom is -0.358 e. The lowest BCUT2D eigenvalue weighted by atomic mass is 10.0. The number of carbonyl (C=O) groups excluding carboxylic acids is 1. The van der Waals surface area contributed by atoms with Gasteiger partial charge in [-0.1, -0.05) is 13.8 Å². The van der Waals surface area contributed by atoms with Crippen molar-refractivity contribution in [1.82, 2.24) is 5.32 Å². The van der Waals surface area contributed by atoms with Crippen molar-refractivity contribution in [2.45, 2.75) is 26.8 Å². The first-order chi connectivity index (χ1) is 4.09. The quantitative estimate of drug-likeness (QED) is 0.635. The Balaban J connectivity index is -0.000000320. The third-order valence-electron chi connectivity index (χ3n) is 1.42. The molecular formula is C9H21NO. The molecule has 0 saturated heterocycles. The summed E-state index contributed by atoms with van der Waals surface area (Å²) < 4.78 is 0. The van der Waals surface area contributed by atoms with E-state index in [0.29, 0.717) is 5.92 Å². The van der Waals surface area contributed by atoms with E-state index >= 15 is 0 Å². The number of likely N-dealkylation sites (N-methyl/N-ethyl adjacent to an activating group) is 1. The Kier molecular flexibility index (Phi) is 11.6. The molecule has 0 heterocycles. The summed E-state index contributed by atoms with van der Waals surface area (Å²) in [6, 6.07) is 0.0324. The van der Waals surface area contributed by atoms with Gasteiger partial charge in [-0.25, -0.2) is 0 Å². The first-order valence-electron chi connectivity index (χ1n) is 3.27. The zero-order valence-electron chi connectivity index (χ0n) is 8.56. The smallest absolute Gasteiger partial charge is 0.146 e. The number of Topliss-reactive ketones (excluding diaryl/α,β-unsaturated/α-hetero) is 1. The van der Waals surface area contributed by atoms with Gasteiger partial charge in [0.2, 0.25) is 0 Å². The van der Waals surface area contributed by atoms with E-state index in [9.17, 15) is 4.79 Å². The van der Waals surface area contributed by atoms with Gasteiger partial charge in [0.25, 0.3) is 0 Å². The Morgan fingerprint density at radius 3 is 1.73 bits per heavy atom. The summed E-state index contributed by atoms with van der Waals surface area (Å²) in [5, 5.41) is 2.95. The largest absolute Gasteiger partial charge is 0.358 e. The van der Waals surface area contributed by atoms with Crippen LogP contribution in [0.2, 0.25) is 0 Å². The maximum absolute atomic E-state index is 10.8. The monoisotopic (exact) mass is 159 g/mol. The molecule has 2 heteroatoms. The van der Waals surface area contributed by atoms with Crippen LogP contribution in [0.15, 0.2) is 0 Å². The van der Waals surface area contributed by atoms with Crippen LogP contribution in [0.3, 0.4) is 0 Å². The van der Waals surface area contributed by atoms with Gasteiger partial charge in [0.1, 0.15) is 5.78 Å². The van der Waals surface area contributed by atoms with Crippen LogP contribution in [0.5, 0.6) is 0 Å². The molecule has 2 nitrogen and oxygen atoms in total. The lowest BCUT2D eigenvalue weighted by Crippen LogP contribution is -2.36. The highest BCUT2D eigenvalue weighted by Gasteiger charge is 2.14. The van der Waals surface area contributed by atoms with Crippen LogP contribution in [0.25, 0.3) is 0 Å². The second-order valence-electron chi connectivity index (χ2n) is 2.62. The number of rotatable bonds is 3. The summed E-state index contributed by atoms with van der Waals surface area (Å²) in [7, 11) is 1.81. The van der Waals surface area contributed by atoms with Crippen molar-refractivity contribution in [1.29, 1.82) is 0 Å². The van der Waals surface area contributed by atoms with Crippen molar-refractivity contribution in [3.8, 4) is 0 Å². The maximum atomic E-state index is 10.8. The maximum Gasteiger partial charge on any atom is 0.146 e. The zero-order chi connectivity index (χ0) is 7.44. The van der Waals surface area contributed by atoms with Crippen LogP contribution >= 0.6 is 0 Å². The molecule has 0 aromatic carbocycles.